The van der Waals surface area contributed by atoms with E-state index in [4.69, 9.17) is 0 Å². The molecule has 0 saturated carbocycles. The number of hydrogen-bond acceptors (Lipinski definition) is 7. The van der Waals surface area contributed by atoms with Crippen molar-refractivity contribution in [3.05, 3.63) is 60.2 Å². The minimum atomic E-state index is -1.39. The molecule has 1 aromatic carbocycles. The molecule has 10 nitrogen and oxygen atoms in total. The van der Waals surface area contributed by atoms with Crippen LogP contribution in [0, 0.1) is 30.3 Å². The van der Waals surface area contributed by atoms with Crippen molar-refractivity contribution in [3.8, 4) is 0 Å². The lowest BCUT2D eigenvalue weighted by atomic mass is 10.1. The van der Waals surface area contributed by atoms with Crippen LogP contribution in [0.2, 0.25) is 0 Å². The summed E-state index contributed by atoms with van der Waals surface area (Å²) in [5.74, 6) is 0. The smallest absolute Gasteiger partial charge is 0.295 e. The number of benzene rings is 1. The van der Waals surface area contributed by atoms with Crippen LogP contribution in [0.15, 0.2) is 24.3 Å². The van der Waals surface area contributed by atoms with Crippen LogP contribution in [-0.2, 0) is 4.84 Å². The summed E-state index contributed by atoms with van der Waals surface area (Å²) in [7, 11) is 0. The average Bonchev–Trinajstić information content (AvgIpc) is 2.27. The summed E-state index contributed by atoms with van der Waals surface area (Å²) in [6.45, 7) is -0.807. The lowest BCUT2D eigenvalue weighted by Crippen LogP contribution is -2.18. The third kappa shape index (κ3) is 3.66. The number of non-ortho nitro benzene ring substituents is 1. The van der Waals surface area contributed by atoms with E-state index in [-0.39, 0.29) is 11.3 Å². The minimum Gasteiger partial charge on any atom is -0.299 e. The number of hydrogen-bond donors (Lipinski definition) is 0. The maximum Gasteiger partial charge on any atom is 0.295 e. The van der Waals surface area contributed by atoms with E-state index in [0.29, 0.717) is 0 Å². The van der Waals surface area contributed by atoms with Gasteiger partial charge in [-0.1, -0.05) is 0 Å². The molecule has 96 valence electrons. The Balaban J connectivity index is 2.93. The van der Waals surface area contributed by atoms with Crippen LogP contribution in [-0.4, -0.2) is 21.5 Å². The molecule has 1 rings (SSSR count). The minimum absolute atomic E-state index is 0.119. The normalized spacial score (nSPS) is 11.6. The van der Waals surface area contributed by atoms with E-state index >= 15 is 0 Å². The highest BCUT2D eigenvalue weighted by Crippen LogP contribution is 2.21. The van der Waals surface area contributed by atoms with Gasteiger partial charge in [-0.15, -0.1) is 10.1 Å². The third-order valence-corrected chi connectivity index (χ3v) is 2.00. The Morgan fingerprint density at radius 3 is 2.00 bits per heavy atom. The van der Waals surface area contributed by atoms with Crippen molar-refractivity contribution < 1.29 is 19.8 Å². The first-order chi connectivity index (χ1) is 8.40. The highest BCUT2D eigenvalue weighted by Gasteiger charge is 2.22. The van der Waals surface area contributed by atoms with Gasteiger partial charge < -0.3 is 0 Å². The van der Waals surface area contributed by atoms with Crippen molar-refractivity contribution in [1.82, 2.24) is 0 Å². The predicted octanol–water partition coefficient (Wildman–Crippen LogP) is 1.12. The van der Waals surface area contributed by atoms with E-state index in [1.54, 1.807) is 0 Å². The molecule has 0 spiro atoms. The molecule has 0 fully saturated rings. The maximum atomic E-state index is 10.4. The molecule has 1 atom stereocenters. The summed E-state index contributed by atoms with van der Waals surface area (Å²) in [6, 6.07) is 4.53. The van der Waals surface area contributed by atoms with Crippen LogP contribution >= 0.6 is 0 Å². The maximum absolute atomic E-state index is 10.4. The molecule has 1 unspecified atom stereocenters. The van der Waals surface area contributed by atoms with Gasteiger partial charge >= 0.3 is 0 Å². The zero-order chi connectivity index (χ0) is 13.7. The first-order valence-corrected chi connectivity index (χ1v) is 4.57. The molecule has 0 aliphatic carbocycles. The molecule has 1 aromatic rings. The van der Waals surface area contributed by atoms with Gasteiger partial charge in [0.1, 0.15) is 0 Å². The first-order valence-electron chi connectivity index (χ1n) is 4.57. The van der Waals surface area contributed by atoms with E-state index in [9.17, 15) is 30.3 Å². The summed E-state index contributed by atoms with van der Waals surface area (Å²) in [6.07, 6.45) is -1.39. The topological polar surface area (TPSA) is 139 Å². The second-order valence-electron chi connectivity index (χ2n) is 3.18. The molecule has 10 heteroatoms. The van der Waals surface area contributed by atoms with E-state index in [2.05, 4.69) is 4.84 Å². The van der Waals surface area contributed by atoms with Crippen molar-refractivity contribution in [2.75, 3.05) is 6.54 Å². The monoisotopic (exact) mass is 257 g/mol. The second kappa shape index (κ2) is 5.52. The highest BCUT2D eigenvalue weighted by molar-refractivity contribution is 5.33. The van der Waals surface area contributed by atoms with Crippen LogP contribution in [0.1, 0.15) is 11.7 Å². The summed E-state index contributed by atoms with van der Waals surface area (Å²) in [4.78, 5) is 33.7. The highest BCUT2D eigenvalue weighted by atomic mass is 17.0. The van der Waals surface area contributed by atoms with Gasteiger partial charge in [-0.2, -0.15) is 0 Å². The molecule has 0 aliphatic heterocycles. The second-order valence-corrected chi connectivity index (χ2v) is 3.18. The fraction of sp³-hybridized carbons (Fsp3) is 0.250. The molecule has 18 heavy (non-hydrogen) atoms. The lowest BCUT2D eigenvalue weighted by molar-refractivity contribution is -0.777. The Morgan fingerprint density at radius 1 is 1.06 bits per heavy atom. The Bertz CT molecular complexity index is 456. The fourth-order valence-electron chi connectivity index (χ4n) is 1.25. The Kier molecular flexibility index (Phi) is 4.07. The van der Waals surface area contributed by atoms with Crippen LogP contribution in [0.5, 0.6) is 0 Å². The molecule has 0 aromatic heterocycles. The number of nitrogens with zero attached hydrogens (tertiary/aromatic N) is 3. The fourth-order valence-corrected chi connectivity index (χ4v) is 1.25. The average molecular weight is 257 g/mol. The molecular formula is C8H7N3O7. The molecule has 0 amide bonds. The van der Waals surface area contributed by atoms with Crippen LogP contribution in [0.3, 0.4) is 0 Å². The number of rotatable bonds is 6. The van der Waals surface area contributed by atoms with Crippen molar-refractivity contribution in [2.45, 2.75) is 6.10 Å². The first kappa shape index (κ1) is 13.3. The number of nitro groups is 2. The summed E-state index contributed by atoms with van der Waals surface area (Å²) >= 11 is 0. The summed E-state index contributed by atoms with van der Waals surface area (Å²) in [5.41, 5.74) is -0.103. The Labute approximate surface area is 99.2 Å². The lowest BCUT2D eigenvalue weighted by Gasteiger charge is -2.10. The van der Waals surface area contributed by atoms with Crippen LogP contribution < -0.4 is 0 Å². The van der Waals surface area contributed by atoms with E-state index < -0.39 is 27.6 Å². The van der Waals surface area contributed by atoms with E-state index in [0.717, 1.165) is 12.1 Å². The van der Waals surface area contributed by atoms with Gasteiger partial charge in [0.15, 0.2) is 6.10 Å². The van der Waals surface area contributed by atoms with Crippen LogP contribution in [0.25, 0.3) is 0 Å². The Morgan fingerprint density at radius 2 is 1.61 bits per heavy atom. The standard InChI is InChI=1S/C8H7N3O7/c12-9(13)5-8(18-11(16)17)6-1-3-7(4-2-6)10(14)15/h1-4,8H,5H2. The van der Waals surface area contributed by atoms with Gasteiger partial charge in [0.05, 0.1) is 4.92 Å². The molecule has 0 bridgehead atoms. The van der Waals surface area contributed by atoms with Gasteiger partial charge in [-0.25, -0.2) is 0 Å². The summed E-state index contributed by atoms with van der Waals surface area (Å²) < 4.78 is 0. The van der Waals surface area contributed by atoms with Crippen LogP contribution in [0.4, 0.5) is 5.69 Å². The van der Waals surface area contributed by atoms with Crippen molar-refractivity contribution >= 4 is 5.69 Å². The zero-order valence-corrected chi connectivity index (χ0v) is 8.79. The SMILES string of the molecule is O=[N+]([O-])CC(O[N+](=O)[O-])c1ccc([N+](=O)[O-])cc1. The predicted molar refractivity (Wildman–Crippen MR) is 55.8 cm³/mol. The van der Waals surface area contributed by atoms with Crippen molar-refractivity contribution in [3.63, 3.8) is 0 Å². The quantitative estimate of drug-likeness (QED) is 0.549. The van der Waals surface area contributed by atoms with E-state index in [1.165, 1.54) is 12.1 Å². The number of nitro benzene ring substituents is 1. The van der Waals surface area contributed by atoms with E-state index in [1.807, 2.05) is 0 Å². The largest absolute Gasteiger partial charge is 0.299 e. The van der Waals surface area contributed by atoms with Gasteiger partial charge in [0.2, 0.25) is 6.54 Å². The molecular weight excluding hydrogens is 250 g/mol. The van der Waals surface area contributed by atoms with Crippen molar-refractivity contribution in [1.29, 1.82) is 0 Å². The third-order valence-electron chi connectivity index (χ3n) is 2.00. The molecule has 0 N–H and O–H groups in total. The molecule has 0 radical (unpaired) electrons. The molecule has 0 heterocycles. The molecule has 0 aliphatic rings. The van der Waals surface area contributed by atoms with Gasteiger partial charge in [0, 0.05) is 17.1 Å². The van der Waals surface area contributed by atoms with Crippen molar-refractivity contribution in [2.24, 2.45) is 0 Å². The summed E-state index contributed by atoms with van der Waals surface area (Å²) in [5, 5.41) is 29.8. The molecule has 0 saturated heterocycles. The zero-order valence-electron chi connectivity index (χ0n) is 8.79. The van der Waals surface area contributed by atoms with Gasteiger partial charge in [-0.05, 0) is 17.7 Å². The van der Waals surface area contributed by atoms with Gasteiger partial charge in [0.25, 0.3) is 10.8 Å². The Hall–Kier alpha value is -2.78. The van der Waals surface area contributed by atoms with Gasteiger partial charge in [-0.3, -0.25) is 25.1 Å².